The molecular formula is C16H21ClN2O5. The zero-order chi connectivity index (χ0) is 18.5. The maximum Gasteiger partial charge on any atom is 0.341 e. The van der Waals surface area contributed by atoms with Crippen molar-refractivity contribution in [3.63, 3.8) is 0 Å². The van der Waals surface area contributed by atoms with Gasteiger partial charge in [-0.05, 0) is 25.1 Å². The van der Waals surface area contributed by atoms with Crippen molar-refractivity contribution in [3.8, 4) is 5.75 Å². The van der Waals surface area contributed by atoms with E-state index in [-0.39, 0.29) is 16.7 Å². The van der Waals surface area contributed by atoms with Crippen LogP contribution in [0.1, 0.15) is 27.7 Å². The van der Waals surface area contributed by atoms with Gasteiger partial charge in [-0.25, -0.2) is 4.79 Å². The fourth-order valence-corrected chi connectivity index (χ4v) is 1.80. The lowest BCUT2D eigenvalue weighted by molar-refractivity contribution is -0.139. The van der Waals surface area contributed by atoms with E-state index in [1.54, 1.807) is 27.7 Å². The van der Waals surface area contributed by atoms with Crippen LogP contribution >= 0.6 is 11.6 Å². The van der Waals surface area contributed by atoms with E-state index in [9.17, 15) is 14.4 Å². The Labute approximate surface area is 145 Å². The van der Waals surface area contributed by atoms with Gasteiger partial charge in [0.15, 0.2) is 6.61 Å². The minimum Gasteiger partial charge on any atom is -0.480 e. The van der Waals surface area contributed by atoms with Crippen molar-refractivity contribution in [2.45, 2.75) is 33.7 Å². The summed E-state index contributed by atoms with van der Waals surface area (Å²) in [6.07, 6.45) is 0. The molecule has 3 N–H and O–H groups in total. The van der Waals surface area contributed by atoms with Crippen LogP contribution in [-0.4, -0.2) is 35.5 Å². The molecule has 0 aliphatic rings. The number of benzene rings is 1. The van der Waals surface area contributed by atoms with Crippen molar-refractivity contribution < 1.29 is 24.2 Å². The highest BCUT2D eigenvalue weighted by Crippen LogP contribution is 2.27. The van der Waals surface area contributed by atoms with Crippen LogP contribution in [0.15, 0.2) is 18.2 Å². The van der Waals surface area contributed by atoms with E-state index < -0.39 is 29.9 Å². The van der Waals surface area contributed by atoms with Crippen LogP contribution in [0.4, 0.5) is 5.69 Å². The van der Waals surface area contributed by atoms with Gasteiger partial charge in [0.1, 0.15) is 11.8 Å². The summed E-state index contributed by atoms with van der Waals surface area (Å²) in [6, 6.07) is 3.70. The molecule has 0 aromatic heterocycles. The number of ether oxygens (including phenoxy) is 1. The summed E-state index contributed by atoms with van der Waals surface area (Å²) in [5.41, 5.74) is -0.189. The molecule has 0 radical (unpaired) electrons. The lowest BCUT2D eigenvalue weighted by Crippen LogP contribution is -2.46. The number of nitrogens with one attached hydrogen (secondary N) is 2. The number of halogens is 1. The van der Waals surface area contributed by atoms with Gasteiger partial charge in [-0.2, -0.15) is 0 Å². The van der Waals surface area contributed by atoms with E-state index in [1.165, 1.54) is 18.2 Å². The SMILES string of the molecule is CC(NC(=O)C(C)(C)C)C(=O)Nc1ccc(OCC(=O)O)c(Cl)c1. The summed E-state index contributed by atoms with van der Waals surface area (Å²) in [5.74, 6) is -1.55. The molecule has 7 nitrogen and oxygen atoms in total. The number of amides is 2. The average Bonchev–Trinajstić information content (AvgIpc) is 2.44. The van der Waals surface area contributed by atoms with Crippen molar-refractivity contribution in [2.75, 3.05) is 11.9 Å². The van der Waals surface area contributed by atoms with Crippen LogP contribution in [-0.2, 0) is 14.4 Å². The number of rotatable bonds is 6. The Bertz CT molecular complexity index is 640. The maximum atomic E-state index is 12.1. The molecule has 0 bridgehead atoms. The van der Waals surface area contributed by atoms with Crippen LogP contribution < -0.4 is 15.4 Å². The number of aliphatic carboxylic acids is 1. The van der Waals surface area contributed by atoms with E-state index in [1.807, 2.05) is 0 Å². The van der Waals surface area contributed by atoms with Gasteiger partial charge in [-0.15, -0.1) is 0 Å². The topological polar surface area (TPSA) is 105 Å². The number of hydrogen-bond acceptors (Lipinski definition) is 4. The molecule has 0 aliphatic heterocycles. The monoisotopic (exact) mass is 356 g/mol. The number of carboxylic acids is 1. The number of carbonyl (C=O) groups excluding carboxylic acids is 2. The second kappa shape index (κ2) is 8.01. The van der Waals surface area contributed by atoms with Crippen molar-refractivity contribution in [3.05, 3.63) is 23.2 Å². The fourth-order valence-electron chi connectivity index (χ4n) is 1.56. The van der Waals surface area contributed by atoms with Crippen LogP contribution in [0, 0.1) is 5.41 Å². The highest BCUT2D eigenvalue weighted by molar-refractivity contribution is 6.32. The first kappa shape index (κ1) is 19.8. The second-order valence-corrected chi connectivity index (χ2v) is 6.67. The fraction of sp³-hybridized carbons (Fsp3) is 0.438. The summed E-state index contributed by atoms with van der Waals surface area (Å²) < 4.78 is 4.99. The molecule has 0 saturated carbocycles. The average molecular weight is 357 g/mol. The lowest BCUT2D eigenvalue weighted by atomic mass is 9.95. The first-order valence-corrected chi connectivity index (χ1v) is 7.64. The highest BCUT2D eigenvalue weighted by atomic mass is 35.5. The van der Waals surface area contributed by atoms with E-state index in [2.05, 4.69) is 10.6 Å². The van der Waals surface area contributed by atoms with Gasteiger partial charge in [0.25, 0.3) is 0 Å². The second-order valence-electron chi connectivity index (χ2n) is 6.26. The zero-order valence-electron chi connectivity index (χ0n) is 14.0. The Kier molecular flexibility index (Phi) is 6.60. The summed E-state index contributed by atoms with van der Waals surface area (Å²) in [5, 5.41) is 14.0. The molecule has 1 aromatic rings. The van der Waals surface area contributed by atoms with Crippen molar-refractivity contribution in [1.82, 2.24) is 5.32 Å². The van der Waals surface area contributed by atoms with Crippen molar-refractivity contribution in [2.24, 2.45) is 5.41 Å². The molecule has 24 heavy (non-hydrogen) atoms. The van der Waals surface area contributed by atoms with Crippen molar-refractivity contribution >= 4 is 35.1 Å². The van der Waals surface area contributed by atoms with Gasteiger partial charge in [0.05, 0.1) is 5.02 Å². The number of carboxylic acid groups (broad SMARTS) is 1. The van der Waals surface area contributed by atoms with Crippen LogP contribution in [0.5, 0.6) is 5.75 Å². The van der Waals surface area contributed by atoms with Gasteiger partial charge in [-0.3, -0.25) is 9.59 Å². The predicted octanol–water partition coefficient (Wildman–Crippen LogP) is 2.29. The number of anilines is 1. The van der Waals surface area contributed by atoms with Crippen LogP contribution in [0.25, 0.3) is 0 Å². The molecule has 8 heteroatoms. The van der Waals surface area contributed by atoms with E-state index in [0.717, 1.165) is 0 Å². The van der Waals surface area contributed by atoms with E-state index in [4.69, 9.17) is 21.4 Å². The molecule has 0 spiro atoms. The summed E-state index contributed by atoms with van der Waals surface area (Å²) >= 11 is 5.98. The first-order chi connectivity index (χ1) is 11.0. The predicted molar refractivity (Wildman–Crippen MR) is 90.3 cm³/mol. The third kappa shape index (κ3) is 6.08. The van der Waals surface area contributed by atoms with Gasteiger partial charge >= 0.3 is 5.97 Å². The quantitative estimate of drug-likeness (QED) is 0.725. The van der Waals surface area contributed by atoms with Crippen molar-refractivity contribution in [1.29, 1.82) is 0 Å². The summed E-state index contributed by atoms with van der Waals surface area (Å²) in [6.45, 7) is 6.32. The lowest BCUT2D eigenvalue weighted by Gasteiger charge is -2.21. The molecule has 2 amide bonds. The normalized spacial score (nSPS) is 12.2. The molecule has 1 unspecified atom stereocenters. The third-order valence-corrected chi connectivity index (χ3v) is 3.27. The van der Waals surface area contributed by atoms with Crippen LogP contribution in [0.3, 0.4) is 0 Å². The molecule has 0 heterocycles. The van der Waals surface area contributed by atoms with E-state index in [0.29, 0.717) is 5.69 Å². The third-order valence-electron chi connectivity index (χ3n) is 2.97. The molecule has 1 aromatic carbocycles. The van der Waals surface area contributed by atoms with Gasteiger partial charge < -0.3 is 20.5 Å². The molecule has 132 valence electrons. The minimum absolute atomic E-state index is 0.167. The van der Waals surface area contributed by atoms with Gasteiger partial charge in [0, 0.05) is 11.1 Å². The van der Waals surface area contributed by atoms with E-state index >= 15 is 0 Å². The number of hydrogen-bond donors (Lipinski definition) is 3. The Morgan fingerprint density at radius 3 is 2.42 bits per heavy atom. The van der Waals surface area contributed by atoms with Crippen LogP contribution in [0.2, 0.25) is 5.02 Å². The molecule has 0 fully saturated rings. The molecule has 1 rings (SSSR count). The first-order valence-electron chi connectivity index (χ1n) is 7.26. The Balaban J connectivity index is 2.68. The Morgan fingerprint density at radius 2 is 1.92 bits per heavy atom. The van der Waals surface area contributed by atoms with Gasteiger partial charge in [0.2, 0.25) is 11.8 Å². The van der Waals surface area contributed by atoms with Gasteiger partial charge in [-0.1, -0.05) is 32.4 Å². The highest BCUT2D eigenvalue weighted by Gasteiger charge is 2.25. The summed E-state index contributed by atoms with van der Waals surface area (Å²) in [4.78, 5) is 34.5. The largest absolute Gasteiger partial charge is 0.480 e. The zero-order valence-corrected chi connectivity index (χ0v) is 14.7. The molecule has 1 atom stereocenters. The standard InChI is InChI=1S/C16H21ClN2O5/c1-9(18-15(23)16(2,3)4)14(22)19-10-5-6-12(11(17)7-10)24-8-13(20)21/h5-7,9H,8H2,1-4H3,(H,18,23)(H,19,22)(H,20,21). The molecule has 0 aliphatic carbocycles. The Hall–Kier alpha value is -2.28. The summed E-state index contributed by atoms with van der Waals surface area (Å²) in [7, 11) is 0. The maximum absolute atomic E-state index is 12.1. The minimum atomic E-state index is -1.12. The number of carbonyl (C=O) groups is 3. The molecular weight excluding hydrogens is 336 g/mol. The smallest absolute Gasteiger partial charge is 0.341 e. The Morgan fingerprint density at radius 1 is 1.29 bits per heavy atom. The molecule has 0 saturated heterocycles.